The van der Waals surface area contributed by atoms with E-state index in [4.69, 9.17) is 5.26 Å². The van der Waals surface area contributed by atoms with Crippen LogP contribution in [0.4, 0.5) is 0 Å². The molecular weight excluding hydrogens is 188 g/mol. The number of nitrogens with zero attached hydrogens (tertiary/aromatic N) is 1. The van der Waals surface area contributed by atoms with Crippen LogP contribution >= 0.6 is 0 Å². The third kappa shape index (κ3) is 2.20. The Morgan fingerprint density at radius 1 is 1.62 bits per heavy atom. The molecule has 0 spiro atoms. The van der Waals surface area contributed by atoms with Crippen molar-refractivity contribution >= 4 is 10.0 Å². The van der Waals surface area contributed by atoms with Gasteiger partial charge < -0.3 is 0 Å². The molecule has 1 rings (SSSR count). The molecule has 1 aliphatic carbocycles. The first-order valence-corrected chi connectivity index (χ1v) is 5.75. The third-order valence-electron chi connectivity index (χ3n) is 2.47. The zero-order valence-corrected chi connectivity index (χ0v) is 8.85. The molecule has 74 valence electrons. The minimum atomic E-state index is -3.43. The Bertz CT molecular complexity index is 340. The minimum absolute atomic E-state index is 0.00769. The van der Waals surface area contributed by atoms with E-state index in [0.717, 1.165) is 6.42 Å². The van der Waals surface area contributed by atoms with Crippen molar-refractivity contribution in [2.75, 3.05) is 0 Å². The van der Waals surface area contributed by atoms with Crippen LogP contribution in [0, 0.1) is 16.7 Å². The highest BCUT2D eigenvalue weighted by Crippen LogP contribution is 2.45. The molecule has 0 heterocycles. The Kier molecular flexibility index (Phi) is 2.39. The van der Waals surface area contributed by atoms with Crippen molar-refractivity contribution in [3.8, 4) is 6.07 Å². The van der Waals surface area contributed by atoms with E-state index in [1.165, 1.54) is 6.92 Å². The Balaban J connectivity index is 2.61. The first-order chi connectivity index (χ1) is 5.79. The lowest BCUT2D eigenvalue weighted by molar-refractivity contribution is 0.552. The number of hydrogen-bond acceptors (Lipinski definition) is 3. The summed E-state index contributed by atoms with van der Waals surface area (Å²) >= 11 is 0. The zero-order valence-electron chi connectivity index (χ0n) is 8.03. The van der Waals surface area contributed by atoms with Gasteiger partial charge in [0.25, 0.3) is 0 Å². The molecule has 5 heteroatoms. The van der Waals surface area contributed by atoms with E-state index in [2.05, 4.69) is 4.72 Å². The monoisotopic (exact) mass is 202 g/mol. The van der Waals surface area contributed by atoms with Gasteiger partial charge in [-0.15, -0.1) is 0 Å². The van der Waals surface area contributed by atoms with Crippen molar-refractivity contribution in [1.82, 2.24) is 4.72 Å². The van der Waals surface area contributed by atoms with Crippen molar-refractivity contribution in [2.24, 2.45) is 5.41 Å². The summed E-state index contributed by atoms with van der Waals surface area (Å²) in [6.07, 6.45) is 0.852. The molecule has 0 aromatic rings. The van der Waals surface area contributed by atoms with E-state index >= 15 is 0 Å². The van der Waals surface area contributed by atoms with Crippen LogP contribution < -0.4 is 4.72 Å². The third-order valence-corrected chi connectivity index (χ3v) is 4.12. The van der Waals surface area contributed by atoms with Gasteiger partial charge in [-0.2, -0.15) is 5.26 Å². The van der Waals surface area contributed by atoms with Crippen LogP contribution in [0.2, 0.25) is 0 Å². The van der Waals surface area contributed by atoms with Crippen LogP contribution in [0.3, 0.4) is 0 Å². The molecule has 1 aliphatic rings. The first-order valence-electron chi connectivity index (χ1n) is 4.20. The van der Waals surface area contributed by atoms with Crippen LogP contribution in [0.5, 0.6) is 0 Å². The fraction of sp³-hybridized carbons (Fsp3) is 0.875. The second kappa shape index (κ2) is 2.96. The summed E-state index contributed by atoms with van der Waals surface area (Å²) in [6, 6.07) is 1.72. The molecule has 0 amide bonds. The Morgan fingerprint density at radius 3 is 2.38 bits per heavy atom. The number of nitriles is 1. The average Bonchev–Trinajstić information content (AvgIpc) is 2.55. The van der Waals surface area contributed by atoms with Crippen molar-refractivity contribution in [2.45, 2.75) is 38.5 Å². The molecule has 0 bridgehead atoms. The summed E-state index contributed by atoms with van der Waals surface area (Å²) in [5.41, 5.74) is 0.0578. The Morgan fingerprint density at radius 2 is 2.08 bits per heavy atom. The van der Waals surface area contributed by atoms with Gasteiger partial charge >= 0.3 is 0 Å². The van der Waals surface area contributed by atoms with Gasteiger partial charge in [0, 0.05) is 6.04 Å². The minimum Gasteiger partial charge on any atom is -0.211 e. The number of nitrogens with one attached hydrogen (secondary N) is 1. The summed E-state index contributed by atoms with van der Waals surface area (Å²) in [6.45, 7) is 5.38. The van der Waals surface area contributed by atoms with Crippen LogP contribution in [0.1, 0.15) is 27.2 Å². The highest BCUT2D eigenvalue weighted by Gasteiger charge is 2.48. The number of sulfonamides is 1. The maximum absolute atomic E-state index is 11.4. The van der Waals surface area contributed by atoms with E-state index in [1.807, 2.05) is 13.8 Å². The summed E-state index contributed by atoms with van der Waals surface area (Å²) in [5, 5.41) is 7.50. The zero-order chi connectivity index (χ0) is 10.3. The van der Waals surface area contributed by atoms with Crippen LogP contribution in [-0.4, -0.2) is 19.7 Å². The molecule has 0 aromatic heterocycles. The van der Waals surface area contributed by atoms with Crippen LogP contribution in [-0.2, 0) is 10.0 Å². The fourth-order valence-corrected chi connectivity index (χ4v) is 2.18. The van der Waals surface area contributed by atoms with E-state index in [-0.39, 0.29) is 11.5 Å². The van der Waals surface area contributed by atoms with Gasteiger partial charge in [-0.05, 0) is 18.8 Å². The van der Waals surface area contributed by atoms with E-state index < -0.39 is 15.3 Å². The average molecular weight is 202 g/mol. The van der Waals surface area contributed by atoms with Gasteiger partial charge in [-0.25, -0.2) is 13.1 Å². The molecule has 1 N–H and O–H groups in total. The maximum Gasteiger partial charge on any atom is 0.227 e. The molecule has 0 radical (unpaired) electrons. The molecule has 1 saturated carbocycles. The van der Waals surface area contributed by atoms with Gasteiger partial charge in [0.05, 0.1) is 6.07 Å². The van der Waals surface area contributed by atoms with Crippen LogP contribution in [0.15, 0.2) is 0 Å². The Hall–Kier alpha value is -0.600. The topological polar surface area (TPSA) is 70.0 Å². The van der Waals surface area contributed by atoms with Crippen molar-refractivity contribution in [1.29, 1.82) is 5.26 Å². The van der Waals surface area contributed by atoms with Gasteiger partial charge in [-0.1, -0.05) is 13.8 Å². The second-order valence-corrected chi connectivity index (χ2v) is 6.21. The maximum atomic E-state index is 11.4. The highest BCUT2D eigenvalue weighted by atomic mass is 32.2. The first kappa shape index (κ1) is 10.5. The van der Waals surface area contributed by atoms with E-state index in [9.17, 15) is 8.42 Å². The summed E-state index contributed by atoms with van der Waals surface area (Å²) in [4.78, 5) is 0. The van der Waals surface area contributed by atoms with Gasteiger partial charge in [0.1, 0.15) is 0 Å². The largest absolute Gasteiger partial charge is 0.227 e. The number of hydrogen-bond donors (Lipinski definition) is 1. The lowest BCUT2D eigenvalue weighted by Gasteiger charge is -2.08. The number of rotatable bonds is 3. The molecule has 4 nitrogen and oxygen atoms in total. The standard InChI is InChI=1S/C8H14N2O2S/c1-6(5-9)13(11,12)10-7-4-8(7,2)3/h6-7,10H,4H2,1-3H3. The van der Waals surface area contributed by atoms with Crippen molar-refractivity contribution < 1.29 is 8.42 Å². The van der Waals surface area contributed by atoms with Crippen molar-refractivity contribution in [3.63, 3.8) is 0 Å². The van der Waals surface area contributed by atoms with Gasteiger partial charge in [0.15, 0.2) is 5.25 Å². The molecule has 1 fully saturated rings. The Labute approximate surface area is 79.0 Å². The second-order valence-electron chi connectivity index (χ2n) is 4.18. The molecule has 0 aromatic carbocycles. The predicted molar refractivity (Wildman–Crippen MR) is 49.3 cm³/mol. The molecule has 2 atom stereocenters. The summed E-state index contributed by atoms with van der Waals surface area (Å²) in [7, 11) is -3.43. The van der Waals surface area contributed by atoms with Gasteiger partial charge in [-0.3, -0.25) is 0 Å². The van der Waals surface area contributed by atoms with E-state index in [1.54, 1.807) is 6.07 Å². The lowest BCUT2D eigenvalue weighted by Crippen LogP contribution is -2.34. The predicted octanol–water partition coefficient (Wildman–Crippen LogP) is 0.616. The SMILES string of the molecule is CC(C#N)S(=O)(=O)NC1CC1(C)C. The van der Waals surface area contributed by atoms with Crippen LogP contribution in [0.25, 0.3) is 0 Å². The fourth-order valence-electron chi connectivity index (χ4n) is 1.04. The molecule has 13 heavy (non-hydrogen) atoms. The normalized spacial score (nSPS) is 27.7. The lowest BCUT2D eigenvalue weighted by atomic mass is 10.2. The summed E-state index contributed by atoms with van der Waals surface area (Å²) < 4.78 is 25.3. The van der Waals surface area contributed by atoms with Gasteiger partial charge in [0.2, 0.25) is 10.0 Å². The molecule has 0 saturated heterocycles. The highest BCUT2D eigenvalue weighted by molar-refractivity contribution is 7.90. The summed E-state index contributed by atoms with van der Waals surface area (Å²) in [5.74, 6) is 0. The van der Waals surface area contributed by atoms with Crippen molar-refractivity contribution in [3.05, 3.63) is 0 Å². The molecule has 0 aliphatic heterocycles. The quantitative estimate of drug-likeness (QED) is 0.729. The molecule has 2 unspecified atom stereocenters. The smallest absolute Gasteiger partial charge is 0.211 e. The van der Waals surface area contributed by atoms with E-state index in [0.29, 0.717) is 0 Å². The molecular formula is C8H14N2O2S.